The van der Waals surface area contributed by atoms with Crippen LogP contribution in [0.3, 0.4) is 0 Å². The lowest BCUT2D eigenvalue weighted by atomic mass is 10.1. The number of hydrogen-bond donors (Lipinski definition) is 1. The molecule has 0 fully saturated rings. The number of thioether (sulfide) groups is 1. The number of hydrogen-bond acceptors (Lipinski definition) is 4. The summed E-state index contributed by atoms with van der Waals surface area (Å²) >= 11 is 4.97. The van der Waals surface area contributed by atoms with Crippen molar-refractivity contribution in [3.8, 4) is 5.75 Å². The van der Waals surface area contributed by atoms with Gasteiger partial charge in [-0.25, -0.2) is 4.39 Å². The molecule has 1 N–H and O–H groups in total. The molecule has 0 radical (unpaired) electrons. The van der Waals surface area contributed by atoms with Crippen molar-refractivity contribution in [2.75, 3.05) is 5.75 Å². The van der Waals surface area contributed by atoms with Gasteiger partial charge in [0.15, 0.2) is 5.17 Å². The van der Waals surface area contributed by atoms with Gasteiger partial charge in [-0.05, 0) is 59.2 Å². The van der Waals surface area contributed by atoms with E-state index in [0.29, 0.717) is 10.9 Å². The Hall–Kier alpha value is -2.90. The number of rotatable bonds is 6. The lowest BCUT2D eigenvalue weighted by Gasteiger charge is -2.06. The molecule has 1 heterocycles. The van der Waals surface area contributed by atoms with Crippen LogP contribution in [0.15, 0.2) is 88.3 Å². The summed E-state index contributed by atoms with van der Waals surface area (Å²) in [5.74, 6) is 0.972. The van der Waals surface area contributed by atoms with Gasteiger partial charge in [-0.1, -0.05) is 64.1 Å². The Morgan fingerprint density at radius 3 is 2.69 bits per heavy atom. The van der Waals surface area contributed by atoms with Crippen LogP contribution in [0.4, 0.5) is 4.39 Å². The van der Waals surface area contributed by atoms with E-state index in [0.717, 1.165) is 26.9 Å². The number of amides is 1. The van der Waals surface area contributed by atoms with Crippen molar-refractivity contribution in [1.29, 1.82) is 0 Å². The third-order valence-corrected chi connectivity index (χ3v) is 6.23. The molecule has 1 atom stereocenters. The van der Waals surface area contributed by atoms with Crippen LogP contribution < -0.4 is 10.1 Å². The van der Waals surface area contributed by atoms with E-state index in [-0.39, 0.29) is 24.4 Å². The topological polar surface area (TPSA) is 50.7 Å². The van der Waals surface area contributed by atoms with E-state index >= 15 is 0 Å². The fourth-order valence-corrected chi connectivity index (χ4v) is 4.31. The highest BCUT2D eigenvalue weighted by atomic mass is 79.9. The van der Waals surface area contributed by atoms with E-state index in [1.165, 1.54) is 30.0 Å². The van der Waals surface area contributed by atoms with E-state index in [9.17, 15) is 9.18 Å². The first-order valence-electron chi connectivity index (χ1n) is 9.97. The van der Waals surface area contributed by atoms with Crippen LogP contribution in [0.2, 0.25) is 0 Å². The molecule has 0 spiro atoms. The Bertz CT molecular complexity index is 1150. The Morgan fingerprint density at radius 1 is 1.16 bits per heavy atom. The largest absolute Gasteiger partial charge is 0.489 e. The van der Waals surface area contributed by atoms with Gasteiger partial charge in [-0.3, -0.25) is 9.79 Å². The van der Waals surface area contributed by atoms with Crippen molar-refractivity contribution in [2.45, 2.75) is 12.6 Å². The number of carbonyl (C=O) groups excluding carboxylic acids is 1. The van der Waals surface area contributed by atoms with Crippen LogP contribution in [0.25, 0.3) is 6.08 Å². The van der Waals surface area contributed by atoms with Gasteiger partial charge in [-0.2, -0.15) is 0 Å². The van der Waals surface area contributed by atoms with Crippen LogP contribution in [-0.2, 0) is 11.4 Å². The summed E-state index contributed by atoms with van der Waals surface area (Å²) in [6, 6.07) is 21.8. The van der Waals surface area contributed by atoms with Gasteiger partial charge in [-0.15, -0.1) is 0 Å². The maximum atomic E-state index is 13.2. The number of carbonyl (C=O) groups is 1. The first-order chi connectivity index (χ1) is 15.5. The van der Waals surface area contributed by atoms with E-state index < -0.39 is 0 Å². The highest BCUT2D eigenvalue weighted by Gasteiger charge is 2.20. The average molecular weight is 511 g/mol. The predicted octanol–water partition coefficient (Wildman–Crippen LogP) is 6.14. The van der Waals surface area contributed by atoms with Crippen molar-refractivity contribution >= 4 is 44.8 Å². The molecule has 1 aliphatic heterocycles. The zero-order valence-corrected chi connectivity index (χ0v) is 19.4. The Kier molecular flexibility index (Phi) is 7.39. The highest BCUT2D eigenvalue weighted by Crippen LogP contribution is 2.30. The van der Waals surface area contributed by atoms with Crippen molar-refractivity contribution < 1.29 is 13.9 Å². The normalized spacial score (nSPS) is 15.6. The van der Waals surface area contributed by atoms with E-state index in [1.54, 1.807) is 12.1 Å². The molecule has 1 aliphatic rings. The minimum absolute atomic E-state index is 0.0484. The summed E-state index contributed by atoms with van der Waals surface area (Å²) in [5, 5.41) is 3.47. The zero-order valence-electron chi connectivity index (χ0n) is 17.0. The lowest BCUT2D eigenvalue weighted by molar-refractivity contribution is -0.115. The third kappa shape index (κ3) is 6.31. The van der Waals surface area contributed by atoms with Gasteiger partial charge >= 0.3 is 0 Å². The van der Waals surface area contributed by atoms with Crippen molar-refractivity contribution in [3.05, 3.63) is 106 Å². The summed E-state index contributed by atoms with van der Waals surface area (Å²) in [5.41, 5.74) is 2.76. The molecule has 4 nitrogen and oxygen atoms in total. The number of halogens is 2. The number of nitrogens with one attached hydrogen (secondary N) is 1. The monoisotopic (exact) mass is 510 g/mol. The number of benzene rings is 3. The minimum Gasteiger partial charge on any atom is -0.489 e. The molecule has 3 aromatic carbocycles. The Balaban J connectivity index is 1.28. The quantitative estimate of drug-likeness (QED) is 0.405. The summed E-state index contributed by atoms with van der Waals surface area (Å²) in [7, 11) is 0. The maximum absolute atomic E-state index is 13.2. The molecule has 162 valence electrons. The maximum Gasteiger partial charge on any atom is 0.249 e. The molecule has 7 heteroatoms. The fourth-order valence-electron chi connectivity index (χ4n) is 3.09. The van der Waals surface area contributed by atoms with Gasteiger partial charge in [0.05, 0.1) is 6.04 Å². The standard InChI is InChI=1S/C25H20BrFN2O2S/c26-20-9-7-19(8-10-20)23-16-32-25(28-23)29-24(30)13-6-17-4-11-22(12-5-17)31-15-18-2-1-3-21(27)14-18/h1-14,23H,15-16H2,(H,28,29,30)/b13-6+. The third-order valence-electron chi connectivity index (χ3n) is 4.74. The summed E-state index contributed by atoms with van der Waals surface area (Å²) < 4.78 is 19.9. The van der Waals surface area contributed by atoms with Crippen molar-refractivity contribution in [1.82, 2.24) is 5.32 Å². The van der Waals surface area contributed by atoms with Crippen molar-refractivity contribution in [3.63, 3.8) is 0 Å². The second-order valence-electron chi connectivity index (χ2n) is 7.12. The first-order valence-corrected chi connectivity index (χ1v) is 11.8. The van der Waals surface area contributed by atoms with Crippen molar-refractivity contribution in [2.24, 2.45) is 4.99 Å². The van der Waals surface area contributed by atoms with E-state index in [2.05, 4.69) is 26.2 Å². The molecule has 32 heavy (non-hydrogen) atoms. The fraction of sp³-hybridized carbons (Fsp3) is 0.120. The summed E-state index contributed by atoms with van der Waals surface area (Å²) in [6.07, 6.45) is 3.22. The van der Waals surface area contributed by atoms with Gasteiger partial charge in [0, 0.05) is 16.3 Å². The van der Waals surface area contributed by atoms with E-state index in [4.69, 9.17) is 4.74 Å². The van der Waals surface area contributed by atoms with Crippen LogP contribution in [0, 0.1) is 5.82 Å². The highest BCUT2D eigenvalue weighted by molar-refractivity contribution is 9.10. The number of nitrogens with zero attached hydrogens (tertiary/aromatic N) is 1. The second-order valence-corrected chi connectivity index (χ2v) is 9.05. The van der Waals surface area contributed by atoms with Gasteiger partial charge in [0.2, 0.25) is 5.91 Å². The van der Waals surface area contributed by atoms with Gasteiger partial charge in [0.1, 0.15) is 18.2 Å². The number of amidine groups is 1. The molecule has 0 saturated carbocycles. The van der Waals surface area contributed by atoms with E-state index in [1.807, 2.05) is 54.6 Å². The molecule has 3 aromatic rings. The molecular weight excluding hydrogens is 491 g/mol. The Morgan fingerprint density at radius 2 is 1.94 bits per heavy atom. The van der Waals surface area contributed by atoms with Crippen LogP contribution >= 0.6 is 27.7 Å². The minimum atomic E-state index is -0.282. The lowest BCUT2D eigenvalue weighted by Crippen LogP contribution is -2.25. The molecule has 0 bridgehead atoms. The van der Waals surface area contributed by atoms with Crippen LogP contribution in [0.1, 0.15) is 22.7 Å². The number of aliphatic imine (C=N–C) groups is 1. The zero-order chi connectivity index (χ0) is 22.3. The predicted molar refractivity (Wildman–Crippen MR) is 131 cm³/mol. The molecule has 0 saturated heterocycles. The molecule has 0 aliphatic carbocycles. The average Bonchev–Trinajstić information content (AvgIpc) is 3.26. The first kappa shape index (κ1) is 22.3. The molecule has 4 rings (SSSR count). The van der Waals surface area contributed by atoms with Crippen LogP contribution in [-0.4, -0.2) is 16.8 Å². The Labute approximate surface area is 198 Å². The molecule has 1 amide bonds. The molecular formula is C25H20BrFN2O2S. The van der Waals surface area contributed by atoms with Gasteiger partial charge < -0.3 is 10.1 Å². The SMILES string of the molecule is O=C(/C=C/c1ccc(OCc2cccc(F)c2)cc1)NC1=NC(c2ccc(Br)cc2)CS1. The number of ether oxygens (including phenoxy) is 1. The van der Waals surface area contributed by atoms with Gasteiger partial charge in [0.25, 0.3) is 0 Å². The second kappa shape index (κ2) is 10.6. The smallest absolute Gasteiger partial charge is 0.249 e. The summed E-state index contributed by atoms with van der Waals surface area (Å²) in [4.78, 5) is 16.9. The molecule has 0 aromatic heterocycles. The summed E-state index contributed by atoms with van der Waals surface area (Å²) in [6.45, 7) is 0.288. The molecule has 1 unspecified atom stereocenters. The van der Waals surface area contributed by atoms with Crippen LogP contribution in [0.5, 0.6) is 5.75 Å².